The van der Waals surface area contributed by atoms with Gasteiger partial charge in [0.05, 0.1) is 7.11 Å². The van der Waals surface area contributed by atoms with Crippen molar-refractivity contribution in [2.45, 2.75) is 33.8 Å². The largest absolute Gasteiger partial charge is 0.466 e. The molecule has 0 aromatic carbocycles. The third kappa shape index (κ3) is 6.67. The van der Waals surface area contributed by atoms with Crippen LogP contribution < -0.4 is 0 Å². The summed E-state index contributed by atoms with van der Waals surface area (Å²) in [5, 5.41) is 0. The Kier molecular flexibility index (Phi) is 6.61. The quantitative estimate of drug-likeness (QED) is 0.326. The number of rotatable bonds is 4. The van der Waals surface area contributed by atoms with Gasteiger partial charge in [0.2, 0.25) is 6.10 Å². The fraction of sp³-hybridized carbons (Fsp3) is 0.538. The molecule has 7 heteroatoms. The molecule has 1 atom stereocenters. The summed E-state index contributed by atoms with van der Waals surface area (Å²) < 4.78 is 13.6. The summed E-state index contributed by atoms with van der Waals surface area (Å²) >= 11 is 0. The van der Waals surface area contributed by atoms with E-state index in [4.69, 9.17) is 4.74 Å². The first-order chi connectivity index (χ1) is 9.07. The lowest BCUT2D eigenvalue weighted by Crippen LogP contribution is -2.40. The van der Waals surface area contributed by atoms with E-state index in [0.717, 1.165) is 26.2 Å². The van der Waals surface area contributed by atoms with Crippen LogP contribution in [0.15, 0.2) is 12.2 Å². The summed E-state index contributed by atoms with van der Waals surface area (Å²) in [5.74, 6) is -3.42. The van der Waals surface area contributed by atoms with Crippen molar-refractivity contribution >= 4 is 23.9 Å². The van der Waals surface area contributed by atoms with Gasteiger partial charge in [-0.2, -0.15) is 0 Å². The molecule has 0 spiro atoms. The number of carbonyl (C=O) groups excluding carboxylic acids is 4. The second-order valence-corrected chi connectivity index (χ2v) is 4.95. The van der Waals surface area contributed by atoms with Gasteiger partial charge < -0.3 is 14.2 Å². The van der Waals surface area contributed by atoms with E-state index in [0.29, 0.717) is 0 Å². The third-order valence-electron chi connectivity index (χ3n) is 2.04. The number of methoxy groups -OCH3 is 1. The Balaban J connectivity index is 4.88. The lowest BCUT2D eigenvalue weighted by atomic mass is 9.89. The molecular weight excluding hydrogens is 268 g/mol. The summed E-state index contributed by atoms with van der Waals surface area (Å²) in [4.78, 5) is 44.8. The average molecular weight is 286 g/mol. The van der Waals surface area contributed by atoms with Crippen molar-refractivity contribution in [1.82, 2.24) is 0 Å². The molecular formula is C13H18O7. The fourth-order valence-corrected chi connectivity index (χ4v) is 1.13. The van der Waals surface area contributed by atoms with Crippen LogP contribution in [0.3, 0.4) is 0 Å². The molecule has 0 aliphatic heterocycles. The van der Waals surface area contributed by atoms with Gasteiger partial charge in [0.15, 0.2) is 0 Å². The van der Waals surface area contributed by atoms with E-state index in [9.17, 15) is 19.2 Å². The average Bonchev–Trinajstić information content (AvgIpc) is 2.30. The highest BCUT2D eigenvalue weighted by molar-refractivity contribution is 5.94. The first-order valence-corrected chi connectivity index (χ1v) is 5.76. The molecule has 0 heterocycles. The van der Waals surface area contributed by atoms with Crippen LogP contribution in [0.2, 0.25) is 0 Å². The van der Waals surface area contributed by atoms with Gasteiger partial charge in [0, 0.05) is 24.5 Å². The molecule has 0 amide bonds. The van der Waals surface area contributed by atoms with Crippen LogP contribution >= 0.6 is 0 Å². The second kappa shape index (κ2) is 7.42. The number of hydrogen-bond acceptors (Lipinski definition) is 7. The molecule has 0 rings (SSSR count). The van der Waals surface area contributed by atoms with Gasteiger partial charge in [-0.15, -0.1) is 0 Å². The zero-order chi connectivity index (χ0) is 15.9. The van der Waals surface area contributed by atoms with Crippen molar-refractivity contribution < 1.29 is 33.4 Å². The Labute approximate surface area is 116 Å². The Morgan fingerprint density at radius 2 is 1.50 bits per heavy atom. The van der Waals surface area contributed by atoms with E-state index >= 15 is 0 Å². The van der Waals surface area contributed by atoms with Crippen LogP contribution in [0, 0.1) is 5.41 Å². The zero-order valence-electron chi connectivity index (χ0n) is 12.1. The van der Waals surface area contributed by atoms with Gasteiger partial charge in [-0.1, -0.05) is 20.8 Å². The van der Waals surface area contributed by atoms with Crippen molar-refractivity contribution in [3.8, 4) is 0 Å². The highest BCUT2D eigenvalue weighted by atomic mass is 16.6. The van der Waals surface area contributed by atoms with E-state index in [1.165, 1.54) is 0 Å². The number of hydrogen-bond donors (Lipinski definition) is 0. The van der Waals surface area contributed by atoms with Crippen LogP contribution in [0.4, 0.5) is 0 Å². The zero-order valence-corrected chi connectivity index (χ0v) is 12.1. The molecule has 0 aromatic heterocycles. The highest BCUT2D eigenvalue weighted by Gasteiger charge is 2.36. The molecule has 0 bridgehead atoms. The van der Waals surface area contributed by atoms with Crippen molar-refractivity contribution in [2.24, 2.45) is 5.41 Å². The van der Waals surface area contributed by atoms with Crippen LogP contribution in [0.25, 0.3) is 0 Å². The van der Waals surface area contributed by atoms with Gasteiger partial charge >= 0.3 is 23.9 Å². The van der Waals surface area contributed by atoms with Gasteiger partial charge in [-0.05, 0) is 0 Å². The molecule has 0 aliphatic carbocycles. The SMILES string of the molecule is COC(=O)/C=C\C(=O)OC(C(=O)OC(C)=O)C(C)(C)C. The number of carbonyl (C=O) groups is 4. The maximum absolute atomic E-state index is 11.7. The van der Waals surface area contributed by atoms with E-state index in [1.54, 1.807) is 20.8 Å². The van der Waals surface area contributed by atoms with Crippen LogP contribution in [0.1, 0.15) is 27.7 Å². The van der Waals surface area contributed by atoms with E-state index in [2.05, 4.69) is 9.47 Å². The predicted octanol–water partition coefficient (Wildman–Crippen LogP) is 0.763. The van der Waals surface area contributed by atoms with Crippen molar-refractivity contribution in [2.75, 3.05) is 7.11 Å². The van der Waals surface area contributed by atoms with Gasteiger partial charge in [0.1, 0.15) is 0 Å². The van der Waals surface area contributed by atoms with Crippen LogP contribution in [-0.4, -0.2) is 37.1 Å². The van der Waals surface area contributed by atoms with E-state index in [1.807, 2.05) is 0 Å². The molecule has 0 aliphatic rings. The standard InChI is InChI=1S/C13H18O7/c1-8(14)19-12(17)11(13(2,3)4)20-10(16)7-6-9(15)18-5/h6-7,11H,1-5H3/b7-6-. The van der Waals surface area contributed by atoms with Crippen molar-refractivity contribution in [3.63, 3.8) is 0 Å². The molecule has 1 unspecified atom stereocenters. The molecule has 0 radical (unpaired) electrons. The molecule has 112 valence electrons. The molecule has 0 fully saturated rings. The Hall–Kier alpha value is -2.18. The molecule has 0 saturated heterocycles. The Morgan fingerprint density at radius 3 is 1.90 bits per heavy atom. The van der Waals surface area contributed by atoms with Gasteiger partial charge in [0.25, 0.3) is 0 Å². The van der Waals surface area contributed by atoms with Crippen LogP contribution in [0.5, 0.6) is 0 Å². The minimum absolute atomic E-state index is 0.736. The highest BCUT2D eigenvalue weighted by Crippen LogP contribution is 2.23. The summed E-state index contributed by atoms with van der Waals surface area (Å²) in [7, 11) is 1.15. The Bertz CT molecular complexity index is 428. The van der Waals surface area contributed by atoms with E-state index in [-0.39, 0.29) is 0 Å². The first-order valence-electron chi connectivity index (χ1n) is 5.76. The second-order valence-electron chi connectivity index (χ2n) is 4.95. The maximum Gasteiger partial charge on any atom is 0.355 e. The smallest absolute Gasteiger partial charge is 0.355 e. The van der Waals surface area contributed by atoms with Crippen molar-refractivity contribution in [1.29, 1.82) is 0 Å². The molecule has 20 heavy (non-hydrogen) atoms. The minimum atomic E-state index is -1.28. The van der Waals surface area contributed by atoms with Gasteiger partial charge in [-0.25, -0.2) is 14.4 Å². The molecule has 0 aromatic rings. The summed E-state index contributed by atoms with van der Waals surface area (Å²) in [5.41, 5.74) is -0.776. The summed E-state index contributed by atoms with van der Waals surface area (Å²) in [6.07, 6.45) is 0.408. The third-order valence-corrected chi connectivity index (χ3v) is 2.04. The molecule has 0 saturated carbocycles. The monoisotopic (exact) mass is 286 g/mol. The number of ether oxygens (including phenoxy) is 3. The first kappa shape index (κ1) is 17.8. The summed E-state index contributed by atoms with van der Waals surface area (Å²) in [6.45, 7) is 5.97. The van der Waals surface area contributed by atoms with Crippen LogP contribution in [-0.2, 0) is 33.4 Å². The van der Waals surface area contributed by atoms with Gasteiger partial charge in [-0.3, -0.25) is 4.79 Å². The number of esters is 4. The maximum atomic E-state index is 11.7. The van der Waals surface area contributed by atoms with Crippen molar-refractivity contribution in [3.05, 3.63) is 12.2 Å². The fourth-order valence-electron chi connectivity index (χ4n) is 1.13. The topological polar surface area (TPSA) is 96.0 Å². The minimum Gasteiger partial charge on any atom is -0.466 e. The summed E-state index contributed by atoms with van der Waals surface area (Å²) in [6, 6.07) is 0. The lowest BCUT2D eigenvalue weighted by Gasteiger charge is -2.27. The normalized spacial score (nSPS) is 12.7. The predicted molar refractivity (Wildman–Crippen MR) is 67.3 cm³/mol. The van der Waals surface area contributed by atoms with E-state index < -0.39 is 35.4 Å². The Morgan fingerprint density at radius 1 is 1.00 bits per heavy atom. The molecule has 0 N–H and O–H groups in total. The lowest BCUT2D eigenvalue weighted by molar-refractivity contribution is -0.177. The molecule has 7 nitrogen and oxygen atoms in total.